The first-order valence-corrected chi connectivity index (χ1v) is 19.6. The van der Waals surface area contributed by atoms with Gasteiger partial charge in [0.15, 0.2) is 0 Å². The Kier molecular flexibility index (Phi) is 6.91. The van der Waals surface area contributed by atoms with Crippen molar-refractivity contribution in [3.63, 3.8) is 0 Å². The van der Waals surface area contributed by atoms with E-state index >= 15 is 0 Å². The molecule has 0 bridgehead atoms. The summed E-state index contributed by atoms with van der Waals surface area (Å²) in [6, 6.07) is 71.7. The summed E-state index contributed by atoms with van der Waals surface area (Å²) in [4.78, 5) is 0. The average Bonchev–Trinajstić information content (AvgIpc) is 3.28. The summed E-state index contributed by atoms with van der Waals surface area (Å²) in [5, 5.41) is 15.3. The number of halogens is 1. The highest BCUT2D eigenvalue weighted by Crippen LogP contribution is 2.43. The molecule has 1 heteroatoms. The van der Waals surface area contributed by atoms with Gasteiger partial charge in [-0.25, -0.2) is 4.39 Å². The van der Waals surface area contributed by atoms with E-state index in [1.807, 2.05) is 12.1 Å². The van der Waals surface area contributed by atoms with Gasteiger partial charge in [-0.3, -0.25) is 0 Å². The Bertz CT molecular complexity index is 3470. The summed E-state index contributed by atoms with van der Waals surface area (Å²) >= 11 is 0. The van der Waals surface area contributed by atoms with Crippen molar-refractivity contribution in [3.05, 3.63) is 206 Å². The number of benzene rings is 12. The van der Waals surface area contributed by atoms with Gasteiger partial charge >= 0.3 is 0 Å². The molecule has 0 unspecified atom stereocenters. The number of rotatable bonds is 5. The molecule has 0 aliphatic heterocycles. The Labute approximate surface area is 329 Å². The Morgan fingerprint density at radius 3 is 0.982 bits per heavy atom. The van der Waals surface area contributed by atoms with Crippen LogP contribution in [0.1, 0.15) is 0 Å². The van der Waals surface area contributed by atoms with Gasteiger partial charge in [-0.05, 0) is 138 Å². The van der Waals surface area contributed by atoms with E-state index in [0.29, 0.717) is 0 Å². The Morgan fingerprint density at radius 1 is 0.228 bits per heavy atom. The molecular weight excluding hydrogens is 692 g/mol. The maximum atomic E-state index is 13.8. The molecule has 0 aliphatic rings. The lowest BCUT2D eigenvalue weighted by Gasteiger charge is -2.17. The maximum Gasteiger partial charge on any atom is 0.123 e. The topological polar surface area (TPSA) is 0 Å². The quantitative estimate of drug-likeness (QED) is 0.155. The van der Waals surface area contributed by atoms with E-state index in [1.165, 1.54) is 121 Å². The predicted octanol–water partition coefficient (Wildman–Crippen LogP) is 16.0. The normalized spacial score (nSPS) is 11.9. The minimum atomic E-state index is -0.221. The van der Waals surface area contributed by atoms with E-state index in [4.69, 9.17) is 0 Å². The van der Waals surface area contributed by atoms with Crippen LogP contribution in [0.2, 0.25) is 0 Å². The first kappa shape index (κ1) is 31.9. The van der Waals surface area contributed by atoms with E-state index in [-0.39, 0.29) is 5.82 Å². The molecule has 12 aromatic carbocycles. The molecule has 0 N–H and O–H groups in total. The van der Waals surface area contributed by atoms with Crippen LogP contribution in [0.5, 0.6) is 0 Å². The second-order valence-corrected chi connectivity index (χ2v) is 15.4. The highest BCUT2D eigenvalue weighted by Gasteiger charge is 2.16. The fourth-order valence-electron chi connectivity index (χ4n) is 9.48. The van der Waals surface area contributed by atoms with Crippen molar-refractivity contribution in [1.29, 1.82) is 0 Å². The van der Waals surface area contributed by atoms with Crippen molar-refractivity contribution < 1.29 is 4.39 Å². The molecule has 0 atom stereocenters. The lowest BCUT2D eigenvalue weighted by molar-refractivity contribution is 0.628. The SMILES string of the molecule is Fc1ccc(-c2ccc3ccc4c(-c5ccc(-c6cccc(-c7ccc(-c8ccc9ccc%10cccc%11ccc8c9c%10%11)cc7)c6)cc5)ccc5ccc2c3c54)cc1. The van der Waals surface area contributed by atoms with Crippen molar-refractivity contribution in [2.24, 2.45) is 0 Å². The second-order valence-electron chi connectivity index (χ2n) is 15.4. The summed E-state index contributed by atoms with van der Waals surface area (Å²) in [6.07, 6.45) is 0. The van der Waals surface area contributed by atoms with Crippen LogP contribution in [0, 0.1) is 5.82 Å². The van der Waals surface area contributed by atoms with Crippen molar-refractivity contribution in [2.45, 2.75) is 0 Å². The highest BCUT2D eigenvalue weighted by atomic mass is 19.1. The van der Waals surface area contributed by atoms with Gasteiger partial charge < -0.3 is 0 Å². The van der Waals surface area contributed by atoms with E-state index < -0.39 is 0 Å². The van der Waals surface area contributed by atoms with Gasteiger partial charge in [-0.2, -0.15) is 0 Å². The Balaban J connectivity index is 0.873. The lowest BCUT2D eigenvalue weighted by Crippen LogP contribution is -1.90. The molecule has 0 aromatic heterocycles. The molecule has 0 saturated heterocycles. The van der Waals surface area contributed by atoms with E-state index in [1.54, 1.807) is 0 Å². The molecule has 264 valence electrons. The molecule has 57 heavy (non-hydrogen) atoms. The monoisotopic (exact) mass is 724 g/mol. The molecule has 0 aliphatic carbocycles. The fraction of sp³-hybridized carbons (Fsp3) is 0. The molecule has 0 saturated carbocycles. The molecule has 0 fully saturated rings. The van der Waals surface area contributed by atoms with Crippen molar-refractivity contribution in [1.82, 2.24) is 0 Å². The van der Waals surface area contributed by atoms with Crippen molar-refractivity contribution in [2.75, 3.05) is 0 Å². The molecule has 0 radical (unpaired) electrons. The van der Waals surface area contributed by atoms with E-state index in [9.17, 15) is 4.39 Å². The van der Waals surface area contributed by atoms with E-state index in [0.717, 1.165) is 11.1 Å². The standard InChI is InChI=1S/C56H33F/c57-46-25-17-38(18-26-46)49-29-21-43-23-31-51-48(28-20-42-24-32-52(49)56(43)55(42)51)37-13-9-35(10-14-37)45-6-2-5-44(33-45)34-7-11-36(12-8-34)47-27-19-41-16-15-39-3-1-4-40-22-30-50(47)54(41)53(39)40/h1-33H. The van der Waals surface area contributed by atoms with Gasteiger partial charge in [0.1, 0.15) is 5.82 Å². The summed E-state index contributed by atoms with van der Waals surface area (Å²) in [5.41, 5.74) is 11.8. The predicted molar refractivity (Wildman–Crippen MR) is 241 cm³/mol. The summed E-state index contributed by atoms with van der Waals surface area (Å²) in [6.45, 7) is 0. The summed E-state index contributed by atoms with van der Waals surface area (Å²) in [7, 11) is 0. The zero-order chi connectivity index (χ0) is 37.6. The minimum absolute atomic E-state index is 0.221. The first-order chi connectivity index (χ1) is 28.1. The first-order valence-electron chi connectivity index (χ1n) is 19.6. The highest BCUT2D eigenvalue weighted by molar-refractivity contribution is 6.28. The molecule has 0 amide bonds. The number of hydrogen-bond donors (Lipinski definition) is 0. The van der Waals surface area contributed by atoms with Crippen LogP contribution in [0.4, 0.5) is 4.39 Å². The average molecular weight is 725 g/mol. The molecule has 0 nitrogen and oxygen atoms in total. The van der Waals surface area contributed by atoms with Gasteiger partial charge in [-0.15, -0.1) is 0 Å². The third-order valence-corrected chi connectivity index (χ3v) is 12.3. The van der Waals surface area contributed by atoms with Crippen LogP contribution in [0.25, 0.3) is 120 Å². The zero-order valence-electron chi connectivity index (χ0n) is 30.9. The van der Waals surface area contributed by atoms with Crippen LogP contribution in [-0.2, 0) is 0 Å². The van der Waals surface area contributed by atoms with Crippen LogP contribution < -0.4 is 0 Å². The van der Waals surface area contributed by atoms with E-state index in [2.05, 4.69) is 176 Å². The van der Waals surface area contributed by atoms with Crippen LogP contribution >= 0.6 is 0 Å². The maximum absolute atomic E-state index is 13.8. The van der Waals surface area contributed by atoms with Gasteiger partial charge in [0.2, 0.25) is 0 Å². The Morgan fingerprint density at radius 2 is 0.544 bits per heavy atom. The largest absolute Gasteiger partial charge is 0.207 e. The minimum Gasteiger partial charge on any atom is -0.207 e. The fourth-order valence-corrected chi connectivity index (χ4v) is 9.48. The summed E-state index contributed by atoms with van der Waals surface area (Å²) < 4.78 is 13.8. The third kappa shape index (κ3) is 4.99. The van der Waals surface area contributed by atoms with Crippen molar-refractivity contribution >= 4 is 64.6 Å². The van der Waals surface area contributed by atoms with Gasteiger partial charge in [0, 0.05) is 0 Å². The molecular formula is C56H33F. The van der Waals surface area contributed by atoms with Crippen LogP contribution in [-0.4, -0.2) is 0 Å². The van der Waals surface area contributed by atoms with Crippen LogP contribution in [0.3, 0.4) is 0 Å². The second kappa shape index (κ2) is 12.3. The van der Waals surface area contributed by atoms with Gasteiger partial charge in [0.25, 0.3) is 0 Å². The lowest BCUT2D eigenvalue weighted by atomic mass is 9.87. The van der Waals surface area contributed by atoms with Gasteiger partial charge in [0.05, 0.1) is 0 Å². The third-order valence-electron chi connectivity index (χ3n) is 12.3. The summed E-state index contributed by atoms with van der Waals surface area (Å²) in [5.74, 6) is -0.221. The molecule has 12 rings (SSSR count). The van der Waals surface area contributed by atoms with Gasteiger partial charge in [-0.1, -0.05) is 182 Å². The van der Waals surface area contributed by atoms with Crippen molar-refractivity contribution in [3.8, 4) is 55.6 Å². The smallest absolute Gasteiger partial charge is 0.123 e. The molecule has 12 aromatic rings. The number of hydrogen-bond acceptors (Lipinski definition) is 0. The Hall–Kier alpha value is -7.35. The zero-order valence-corrected chi connectivity index (χ0v) is 30.9. The molecule has 0 spiro atoms. The molecule has 0 heterocycles. The van der Waals surface area contributed by atoms with Crippen LogP contribution in [0.15, 0.2) is 200 Å².